The molecule has 0 saturated carbocycles. The smallest absolute Gasteiger partial charge is 0.334 e. The summed E-state index contributed by atoms with van der Waals surface area (Å²) in [7, 11) is 0. The second kappa shape index (κ2) is 9.69. The summed E-state index contributed by atoms with van der Waals surface area (Å²) < 4.78 is 16.1. The molecule has 1 aliphatic carbocycles. The summed E-state index contributed by atoms with van der Waals surface area (Å²) in [6, 6.07) is 0. The Morgan fingerprint density at radius 3 is 2.69 bits per heavy atom. The Labute approximate surface area is 170 Å². The van der Waals surface area contributed by atoms with E-state index in [0.717, 1.165) is 5.57 Å². The number of carbonyl (C=O) groups is 3. The number of hydrogen-bond acceptors (Lipinski definition) is 7. The minimum Gasteiger partial charge on any atom is -0.461 e. The summed E-state index contributed by atoms with van der Waals surface area (Å²) in [4.78, 5) is 36.0. The quantitative estimate of drug-likeness (QED) is 0.333. The predicted molar refractivity (Wildman–Crippen MR) is 106 cm³/mol. The highest BCUT2D eigenvalue weighted by molar-refractivity contribution is 5.92. The number of aliphatic hydroxyl groups excluding tert-OH is 1. The van der Waals surface area contributed by atoms with E-state index < -0.39 is 42.1 Å². The van der Waals surface area contributed by atoms with E-state index in [-0.39, 0.29) is 12.2 Å². The van der Waals surface area contributed by atoms with Gasteiger partial charge in [-0.1, -0.05) is 24.3 Å². The maximum atomic E-state index is 12.5. The molecule has 1 fully saturated rings. The molecular weight excluding hydrogens is 376 g/mol. The fraction of sp³-hybridized carbons (Fsp3) is 0.500. The molecule has 4 atom stereocenters. The number of rotatable bonds is 4. The number of hydrogen-bond donors (Lipinski definition) is 1. The minimum atomic E-state index is -1.30. The first-order chi connectivity index (χ1) is 13.6. The molecule has 29 heavy (non-hydrogen) atoms. The standard InChI is InChI=1S/C22H28O7/c1-6-13(3)21(25)29-20-18-14(4)22(26)28-17(18)10-12(2)8-7-9-16(19(20)24)11-27-15(5)23/h6,9-10,17-20,24H,4,7-8,11H2,1-3,5H3/b12-10-,13-6-,16-9-/t17-,18+,19-,20+/m1/s1. The summed E-state index contributed by atoms with van der Waals surface area (Å²) in [6.45, 7) is 10.1. The van der Waals surface area contributed by atoms with Crippen molar-refractivity contribution in [1.29, 1.82) is 0 Å². The van der Waals surface area contributed by atoms with Crippen LogP contribution < -0.4 is 0 Å². The Morgan fingerprint density at radius 1 is 1.38 bits per heavy atom. The SMILES string of the molecule is C=C1C(=O)O[C@@H]2/C=C(/C)CC/C=C(/COC(C)=O)[C@@H](O)[C@@H](OC(=O)/C(C)=C\C)[C@@H]12. The average Bonchev–Trinajstić information content (AvgIpc) is 2.93. The molecule has 7 heteroatoms. The second-order valence-corrected chi connectivity index (χ2v) is 7.32. The normalized spacial score (nSPS) is 31.6. The van der Waals surface area contributed by atoms with Crippen LogP contribution in [0.15, 0.2) is 47.1 Å². The van der Waals surface area contributed by atoms with Gasteiger partial charge in [0.2, 0.25) is 0 Å². The van der Waals surface area contributed by atoms with Crippen LogP contribution in [0.2, 0.25) is 0 Å². The molecule has 0 amide bonds. The lowest BCUT2D eigenvalue weighted by atomic mass is 9.83. The van der Waals surface area contributed by atoms with Gasteiger partial charge in [-0.25, -0.2) is 9.59 Å². The maximum absolute atomic E-state index is 12.5. The first-order valence-electron chi connectivity index (χ1n) is 9.57. The van der Waals surface area contributed by atoms with E-state index in [0.29, 0.717) is 24.0 Å². The van der Waals surface area contributed by atoms with Gasteiger partial charge in [-0.05, 0) is 45.3 Å². The Morgan fingerprint density at radius 2 is 2.07 bits per heavy atom. The zero-order valence-corrected chi connectivity index (χ0v) is 17.3. The van der Waals surface area contributed by atoms with Crippen LogP contribution in [-0.4, -0.2) is 47.9 Å². The maximum Gasteiger partial charge on any atom is 0.334 e. The van der Waals surface area contributed by atoms with Gasteiger partial charge in [-0.2, -0.15) is 0 Å². The summed E-state index contributed by atoms with van der Waals surface area (Å²) in [6.07, 6.45) is 3.29. The molecule has 1 aliphatic heterocycles. The van der Waals surface area contributed by atoms with Crippen molar-refractivity contribution in [1.82, 2.24) is 0 Å². The van der Waals surface area contributed by atoms with E-state index in [1.54, 1.807) is 26.0 Å². The van der Waals surface area contributed by atoms with E-state index in [4.69, 9.17) is 14.2 Å². The first kappa shape index (κ1) is 22.6. The molecule has 0 radical (unpaired) electrons. The third-order valence-electron chi connectivity index (χ3n) is 5.14. The van der Waals surface area contributed by atoms with Crippen molar-refractivity contribution in [3.63, 3.8) is 0 Å². The summed E-state index contributed by atoms with van der Waals surface area (Å²) in [5, 5.41) is 11.1. The Balaban J connectivity index is 2.49. The summed E-state index contributed by atoms with van der Waals surface area (Å²) in [5.41, 5.74) is 1.87. The summed E-state index contributed by atoms with van der Waals surface area (Å²) in [5.74, 6) is -2.47. The first-order valence-corrected chi connectivity index (χ1v) is 9.57. The third kappa shape index (κ3) is 5.44. The number of allylic oxidation sites excluding steroid dienone is 3. The lowest BCUT2D eigenvalue weighted by Crippen LogP contribution is -2.43. The van der Waals surface area contributed by atoms with Gasteiger partial charge in [-0.3, -0.25) is 4.79 Å². The van der Waals surface area contributed by atoms with Gasteiger partial charge in [0.1, 0.15) is 24.9 Å². The van der Waals surface area contributed by atoms with E-state index in [1.807, 2.05) is 13.0 Å². The largest absolute Gasteiger partial charge is 0.461 e. The molecule has 0 aromatic heterocycles. The zero-order chi connectivity index (χ0) is 21.7. The van der Waals surface area contributed by atoms with Crippen molar-refractivity contribution in [2.75, 3.05) is 6.61 Å². The third-order valence-corrected chi connectivity index (χ3v) is 5.14. The Bertz CT molecular complexity index is 787. The number of aliphatic hydroxyl groups is 1. The van der Waals surface area contributed by atoms with Crippen LogP contribution in [0, 0.1) is 5.92 Å². The van der Waals surface area contributed by atoms with Gasteiger partial charge >= 0.3 is 17.9 Å². The monoisotopic (exact) mass is 404 g/mol. The molecule has 0 aromatic carbocycles. The van der Waals surface area contributed by atoms with E-state index >= 15 is 0 Å². The van der Waals surface area contributed by atoms with Crippen molar-refractivity contribution < 1.29 is 33.7 Å². The fourth-order valence-electron chi connectivity index (χ4n) is 3.31. The molecule has 158 valence electrons. The van der Waals surface area contributed by atoms with Gasteiger partial charge in [-0.15, -0.1) is 0 Å². The lowest BCUT2D eigenvalue weighted by Gasteiger charge is -2.32. The van der Waals surface area contributed by atoms with Gasteiger partial charge in [0.05, 0.1) is 5.92 Å². The van der Waals surface area contributed by atoms with Gasteiger partial charge in [0, 0.05) is 18.1 Å². The molecular formula is C22H28O7. The van der Waals surface area contributed by atoms with E-state index in [2.05, 4.69) is 6.58 Å². The fourth-order valence-corrected chi connectivity index (χ4v) is 3.31. The van der Waals surface area contributed by atoms with E-state index in [1.165, 1.54) is 6.92 Å². The van der Waals surface area contributed by atoms with Crippen LogP contribution in [0.1, 0.15) is 40.5 Å². The number of esters is 3. The number of fused-ring (bicyclic) bond motifs is 1. The number of ether oxygens (including phenoxy) is 3. The van der Waals surface area contributed by atoms with E-state index in [9.17, 15) is 19.5 Å². The highest BCUT2D eigenvalue weighted by atomic mass is 16.6. The van der Waals surface area contributed by atoms with Crippen LogP contribution in [0.25, 0.3) is 0 Å². The highest BCUT2D eigenvalue weighted by Crippen LogP contribution is 2.36. The minimum absolute atomic E-state index is 0.126. The molecule has 7 nitrogen and oxygen atoms in total. The van der Waals surface area contributed by atoms with Crippen molar-refractivity contribution in [3.05, 3.63) is 47.1 Å². The van der Waals surface area contributed by atoms with Gasteiger partial charge in [0.25, 0.3) is 0 Å². The molecule has 0 spiro atoms. The Hall–Kier alpha value is -2.67. The van der Waals surface area contributed by atoms with Gasteiger partial charge < -0.3 is 19.3 Å². The van der Waals surface area contributed by atoms with Gasteiger partial charge in [0.15, 0.2) is 0 Å². The zero-order valence-electron chi connectivity index (χ0n) is 17.3. The molecule has 0 bridgehead atoms. The highest BCUT2D eigenvalue weighted by Gasteiger charge is 2.48. The lowest BCUT2D eigenvalue weighted by molar-refractivity contribution is -0.154. The second-order valence-electron chi connectivity index (χ2n) is 7.32. The molecule has 0 unspecified atom stereocenters. The van der Waals surface area contributed by atoms with Crippen LogP contribution in [0.4, 0.5) is 0 Å². The average molecular weight is 404 g/mol. The van der Waals surface area contributed by atoms with Crippen LogP contribution >= 0.6 is 0 Å². The number of carbonyl (C=O) groups excluding carboxylic acids is 3. The van der Waals surface area contributed by atoms with Crippen molar-refractivity contribution in [3.8, 4) is 0 Å². The Kier molecular flexibility index (Phi) is 7.56. The molecule has 1 heterocycles. The summed E-state index contributed by atoms with van der Waals surface area (Å²) >= 11 is 0. The van der Waals surface area contributed by atoms with Crippen LogP contribution in [0.5, 0.6) is 0 Å². The van der Waals surface area contributed by atoms with Crippen molar-refractivity contribution in [2.24, 2.45) is 5.92 Å². The molecule has 2 aliphatic rings. The van der Waals surface area contributed by atoms with Crippen molar-refractivity contribution in [2.45, 2.75) is 58.8 Å². The topological polar surface area (TPSA) is 99.1 Å². The van der Waals surface area contributed by atoms with Crippen LogP contribution in [0.3, 0.4) is 0 Å². The molecule has 2 rings (SSSR count). The molecule has 1 saturated heterocycles. The molecule has 0 aromatic rings. The van der Waals surface area contributed by atoms with Crippen molar-refractivity contribution >= 4 is 17.9 Å². The predicted octanol–water partition coefficient (Wildman–Crippen LogP) is 2.55. The van der Waals surface area contributed by atoms with Crippen LogP contribution in [-0.2, 0) is 28.6 Å². The molecule has 1 N–H and O–H groups in total.